The predicted octanol–water partition coefficient (Wildman–Crippen LogP) is 5.60. The normalized spacial score (nSPS) is 10.7. The Hall–Kier alpha value is -3.90. The molecule has 1 aromatic heterocycles. The van der Waals surface area contributed by atoms with Crippen LogP contribution in [-0.2, 0) is 4.79 Å². The molecule has 0 atom stereocenters. The van der Waals surface area contributed by atoms with Crippen molar-refractivity contribution in [1.82, 2.24) is 14.5 Å². The average Bonchev–Trinajstić information content (AvgIpc) is 3.26. The highest BCUT2D eigenvalue weighted by Crippen LogP contribution is 2.26. The van der Waals surface area contributed by atoms with Gasteiger partial charge in [-0.25, -0.2) is 4.98 Å². The van der Waals surface area contributed by atoms with Gasteiger partial charge in [-0.1, -0.05) is 54.1 Å². The number of rotatable bonds is 7. The number of halogens is 1. The summed E-state index contributed by atoms with van der Waals surface area (Å²) in [4.78, 5) is 32.0. The summed E-state index contributed by atoms with van der Waals surface area (Å²) < 4.78 is 1.84. The molecule has 34 heavy (non-hydrogen) atoms. The molecular formula is C27H25ClN4O2. The third-order valence-electron chi connectivity index (χ3n) is 5.40. The molecular weight excluding hydrogens is 448 g/mol. The summed E-state index contributed by atoms with van der Waals surface area (Å²) in [6, 6.07) is 24.2. The lowest BCUT2D eigenvalue weighted by Gasteiger charge is -2.20. The number of likely N-dealkylation sites (N-methyl/N-ethyl adjacent to an activating group) is 1. The standard InChI is InChI=1S/C27H25ClN4O2/c1-3-31(26(34)21-9-5-4-6-10-21)18-25(33)30-27-29-24(20-12-14-22(28)15-13-20)17-32(27)23-11-7-8-19(2)16-23/h4-17H,3,18H2,1-2H3,(H,29,30,33). The van der Waals surface area contributed by atoms with Gasteiger partial charge in [0.2, 0.25) is 11.9 Å². The van der Waals surface area contributed by atoms with E-state index in [0.29, 0.717) is 28.8 Å². The fourth-order valence-electron chi connectivity index (χ4n) is 3.63. The van der Waals surface area contributed by atoms with E-state index in [2.05, 4.69) is 10.3 Å². The maximum Gasteiger partial charge on any atom is 0.254 e. The van der Waals surface area contributed by atoms with Crippen molar-refractivity contribution in [1.29, 1.82) is 0 Å². The lowest BCUT2D eigenvalue weighted by Crippen LogP contribution is -2.38. The zero-order chi connectivity index (χ0) is 24.1. The molecule has 4 rings (SSSR count). The Balaban J connectivity index is 1.61. The van der Waals surface area contributed by atoms with Crippen molar-refractivity contribution in [2.45, 2.75) is 13.8 Å². The zero-order valence-corrected chi connectivity index (χ0v) is 19.8. The van der Waals surface area contributed by atoms with Crippen molar-refractivity contribution in [3.63, 3.8) is 0 Å². The number of carbonyl (C=O) groups is 2. The van der Waals surface area contributed by atoms with Crippen molar-refractivity contribution in [2.24, 2.45) is 0 Å². The highest BCUT2D eigenvalue weighted by molar-refractivity contribution is 6.30. The minimum atomic E-state index is -0.326. The lowest BCUT2D eigenvalue weighted by atomic mass is 10.2. The maximum absolute atomic E-state index is 13.0. The Morgan fingerprint density at radius 3 is 2.41 bits per heavy atom. The highest BCUT2D eigenvalue weighted by atomic mass is 35.5. The van der Waals surface area contributed by atoms with E-state index in [1.54, 1.807) is 36.4 Å². The van der Waals surface area contributed by atoms with Gasteiger partial charge in [-0.2, -0.15) is 0 Å². The summed E-state index contributed by atoms with van der Waals surface area (Å²) in [6.07, 6.45) is 1.88. The van der Waals surface area contributed by atoms with Gasteiger partial charge in [-0.15, -0.1) is 0 Å². The maximum atomic E-state index is 13.0. The van der Waals surface area contributed by atoms with Gasteiger partial charge in [0, 0.05) is 34.6 Å². The van der Waals surface area contributed by atoms with Crippen LogP contribution in [0, 0.1) is 6.92 Å². The summed E-state index contributed by atoms with van der Waals surface area (Å²) in [6.45, 7) is 4.18. The van der Waals surface area contributed by atoms with Gasteiger partial charge in [0.1, 0.15) is 6.54 Å². The Morgan fingerprint density at radius 1 is 1.00 bits per heavy atom. The number of aryl methyl sites for hydroxylation is 1. The summed E-state index contributed by atoms with van der Waals surface area (Å²) in [5.74, 6) is -0.140. The minimum Gasteiger partial charge on any atom is -0.330 e. The smallest absolute Gasteiger partial charge is 0.254 e. The molecule has 0 bridgehead atoms. The highest BCUT2D eigenvalue weighted by Gasteiger charge is 2.19. The average molecular weight is 473 g/mol. The molecule has 1 heterocycles. The van der Waals surface area contributed by atoms with Gasteiger partial charge >= 0.3 is 0 Å². The van der Waals surface area contributed by atoms with Crippen molar-refractivity contribution >= 4 is 29.4 Å². The third-order valence-corrected chi connectivity index (χ3v) is 5.65. The molecule has 2 amide bonds. The number of nitrogens with one attached hydrogen (secondary N) is 1. The summed E-state index contributed by atoms with van der Waals surface area (Å²) >= 11 is 6.03. The molecule has 0 fully saturated rings. The van der Waals surface area contributed by atoms with Gasteiger partial charge < -0.3 is 4.90 Å². The Labute approximate surface area is 203 Å². The van der Waals surface area contributed by atoms with Gasteiger partial charge in [0.15, 0.2) is 0 Å². The molecule has 0 unspecified atom stereocenters. The predicted molar refractivity (Wildman–Crippen MR) is 135 cm³/mol. The fraction of sp³-hybridized carbons (Fsp3) is 0.148. The molecule has 0 aliphatic rings. The van der Waals surface area contributed by atoms with Crippen molar-refractivity contribution in [2.75, 3.05) is 18.4 Å². The van der Waals surface area contributed by atoms with Crippen LogP contribution in [0.2, 0.25) is 5.02 Å². The van der Waals surface area contributed by atoms with E-state index in [-0.39, 0.29) is 18.4 Å². The second kappa shape index (κ2) is 10.4. The van der Waals surface area contributed by atoms with Crippen LogP contribution in [0.1, 0.15) is 22.8 Å². The van der Waals surface area contributed by atoms with E-state index in [0.717, 1.165) is 16.8 Å². The molecule has 172 valence electrons. The van der Waals surface area contributed by atoms with Crippen LogP contribution in [0.25, 0.3) is 16.9 Å². The molecule has 0 saturated carbocycles. The molecule has 0 saturated heterocycles. The number of nitrogens with zero attached hydrogens (tertiary/aromatic N) is 3. The van der Waals surface area contributed by atoms with E-state index in [4.69, 9.17) is 11.6 Å². The monoisotopic (exact) mass is 472 g/mol. The SMILES string of the molecule is CCN(CC(=O)Nc1nc(-c2ccc(Cl)cc2)cn1-c1cccc(C)c1)C(=O)c1ccccc1. The molecule has 0 aliphatic carbocycles. The van der Waals surface area contributed by atoms with Crippen molar-refractivity contribution in [3.8, 4) is 16.9 Å². The largest absolute Gasteiger partial charge is 0.330 e. The molecule has 0 spiro atoms. The number of hydrogen-bond acceptors (Lipinski definition) is 3. The number of amides is 2. The summed E-state index contributed by atoms with van der Waals surface area (Å²) in [5, 5.41) is 3.53. The molecule has 4 aromatic rings. The van der Waals surface area contributed by atoms with E-state index >= 15 is 0 Å². The molecule has 3 aromatic carbocycles. The quantitative estimate of drug-likeness (QED) is 0.380. The first-order valence-electron chi connectivity index (χ1n) is 11.0. The second-order valence-electron chi connectivity index (χ2n) is 7.90. The van der Waals surface area contributed by atoms with Crippen LogP contribution in [0.3, 0.4) is 0 Å². The molecule has 0 radical (unpaired) electrons. The Kier molecular flexibility index (Phi) is 7.09. The Morgan fingerprint density at radius 2 is 1.74 bits per heavy atom. The van der Waals surface area contributed by atoms with Crippen LogP contribution in [0.15, 0.2) is 85.1 Å². The Bertz CT molecular complexity index is 1300. The lowest BCUT2D eigenvalue weighted by molar-refractivity contribution is -0.116. The summed E-state index contributed by atoms with van der Waals surface area (Å²) in [7, 11) is 0. The van der Waals surface area contributed by atoms with Gasteiger partial charge in [-0.3, -0.25) is 19.5 Å². The summed E-state index contributed by atoms with van der Waals surface area (Å²) in [5.41, 5.74) is 4.07. The van der Waals surface area contributed by atoms with E-state index < -0.39 is 0 Å². The van der Waals surface area contributed by atoms with Crippen LogP contribution in [-0.4, -0.2) is 39.4 Å². The number of benzene rings is 3. The van der Waals surface area contributed by atoms with Gasteiger partial charge in [0.25, 0.3) is 5.91 Å². The first kappa shape index (κ1) is 23.3. The topological polar surface area (TPSA) is 67.2 Å². The van der Waals surface area contributed by atoms with Gasteiger partial charge in [0.05, 0.1) is 5.69 Å². The molecule has 1 N–H and O–H groups in total. The van der Waals surface area contributed by atoms with Crippen LogP contribution < -0.4 is 5.32 Å². The first-order valence-corrected chi connectivity index (χ1v) is 11.4. The molecule has 0 aliphatic heterocycles. The van der Waals surface area contributed by atoms with E-state index in [1.807, 2.05) is 67.1 Å². The fourth-order valence-corrected chi connectivity index (χ4v) is 3.76. The second-order valence-corrected chi connectivity index (χ2v) is 8.34. The number of anilines is 1. The van der Waals surface area contributed by atoms with E-state index in [9.17, 15) is 9.59 Å². The number of aromatic nitrogens is 2. The van der Waals surface area contributed by atoms with Crippen molar-refractivity contribution in [3.05, 3.63) is 101 Å². The van der Waals surface area contributed by atoms with Crippen molar-refractivity contribution < 1.29 is 9.59 Å². The van der Waals surface area contributed by atoms with Crippen LogP contribution in [0.4, 0.5) is 5.95 Å². The molecule has 6 nitrogen and oxygen atoms in total. The third kappa shape index (κ3) is 5.35. The minimum absolute atomic E-state index is 0.0822. The van der Waals surface area contributed by atoms with Crippen LogP contribution in [0.5, 0.6) is 0 Å². The van der Waals surface area contributed by atoms with Crippen LogP contribution >= 0.6 is 11.6 Å². The van der Waals surface area contributed by atoms with Gasteiger partial charge in [-0.05, 0) is 55.8 Å². The number of imidazole rings is 1. The molecule has 7 heteroatoms. The van der Waals surface area contributed by atoms with E-state index in [1.165, 1.54) is 4.90 Å². The number of carbonyl (C=O) groups excluding carboxylic acids is 2. The zero-order valence-electron chi connectivity index (χ0n) is 19.0. The first-order chi connectivity index (χ1) is 16.4. The number of hydrogen-bond donors (Lipinski definition) is 1.